The Bertz CT molecular complexity index is 937. The van der Waals surface area contributed by atoms with Crippen molar-refractivity contribution in [1.29, 1.82) is 0 Å². The van der Waals surface area contributed by atoms with Crippen LogP contribution in [0.25, 0.3) is 6.08 Å². The maximum Gasteiger partial charge on any atom is 0.312 e. The lowest BCUT2D eigenvalue weighted by atomic mass is 10.00. The van der Waals surface area contributed by atoms with Gasteiger partial charge in [0.2, 0.25) is 0 Å². The van der Waals surface area contributed by atoms with E-state index in [0.717, 1.165) is 31.2 Å². The molecule has 1 saturated carbocycles. The number of hydrogen-bond acceptors (Lipinski definition) is 3. The predicted octanol–water partition coefficient (Wildman–Crippen LogP) is 4.38. The molecule has 0 spiro atoms. The van der Waals surface area contributed by atoms with Crippen molar-refractivity contribution in [3.8, 4) is 0 Å². The number of amides is 2. The van der Waals surface area contributed by atoms with Crippen LogP contribution in [0, 0.1) is 0 Å². The van der Waals surface area contributed by atoms with Crippen LogP contribution in [0.4, 0.5) is 0 Å². The SMILES string of the molecule is O=C(NC1CCCCCC1)C1=CC2=NC(=O)/C(=C\c3cccc(Cl)c3)OC2C=C1. The Morgan fingerprint density at radius 1 is 1.21 bits per heavy atom. The number of carbonyl (C=O) groups excluding carboxylic acids is 2. The van der Waals surface area contributed by atoms with Crippen LogP contribution in [0.15, 0.2) is 58.8 Å². The molecule has 1 N–H and O–H groups in total. The smallest absolute Gasteiger partial charge is 0.312 e. The lowest BCUT2D eigenvalue weighted by Crippen LogP contribution is -2.37. The number of hydrogen-bond donors (Lipinski definition) is 1. The fraction of sp³-hybridized carbons (Fsp3) is 0.348. The molecule has 1 aromatic carbocycles. The molecule has 6 heteroatoms. The number of carbonyl (C=O) groups is 2. The van der Waals surface area contributed by atoms with Crippen LogP contribution in [-0.2, 0) is 14.3 Å². The maximum atomic E-state index is 12.6. The molecule has 1 atom stereocenters. The highest BCUT2D eigenvalue weighted by molar-refractivity contribution is 6.30. The summed E-state index contributed by atoms with van der Waals surface area (Å²) in [5, 5.41) is 3.70. The van der Waals surface area contributed by atoms with Crippen molar-refractivity contribution >= 4 is 35.2 Å². The van der Waals surface area contributed by atoms with Gasteiger partial charge in [-0.2, -0.15) is 0 Å². The number of nitrogens with zero attached hydrogens (tertiary/aromatic N) is 1. The third-order valence-corrected chi connectivity index (χ3v) is 5.57. The van der Waals surface area contributed by atoms with Crippen LogP contribution in [-0.4, -0.2) is 29.7 Å². The van der Waals surface area contributed by atoms with E-state index >= 15 is 0 Å². The van der Waals surface area contributed by atoms with E-state index in [0.29, 0.717) is 16.3 Å². The Hall–Kier alpha value is -2.66. The molecule has 0 saturated heterocycles. The summed E-state index contributed by atoms with van der Waals surface area (Å²) in [7, 11) is 0. The van der Waals surface area contributed by atoms with Crippen LogP contribution in [0.2, 0.25) is 5.02 Å². The highest BCUT2D eigenvalue weighted by Crippen LogP contribution is 2.24. The van der Waals surface area contributed by atoms with Crippen molar-refractivity contribution in [2.75, 3.05) is 0 Å². The minimum Gasteiger partial charge on any atom is -0.474 e. The number of ether oxygens (including phenoxy) is 1. The summed E-state index contributed by atoms with van der Waals surface area (Å²) in [6.07, 6.45) is 13.1. The van der Waals surface area contributed by atoms with Crippen molar-refractivity contribution in [2.45, 2.75) is 50.7 Å². The topological polar surface area (TPSA) is 67.8 Å². The van der Waals surface area contributed by atoms with Gasteiger partial charge in [-0.3, -0.25) is 9.59 Å². The second-order valence-corrected chi connectivity index (χ2v) is 8.00. The number of rotatable bonds is 3. The molecule has 1 heterocycles. The largest absolute Gasteiger partial charge is 0.474 e. The molecular weight excluding hydrogens is 388 g/mol. The molecular formula is C23H23ClN2O3. The fourth-order valence-electron chi connectivity index (χ4n) is 3.81. The van der Waals surface area contributed by atoms with Crippen molar-refractivity contribution in [3.05, 3.63) is 64.4 Å². The van der Waals surface area contributed by atoms with Gasteiger partial charge in [-0.1, -0.05) is 49.4 Å². The zero-order valence-corrected chi connectivity index (χ0v) is 16.8. The van der Waals surface area contributed by atoms with Crippen molar-refractivity contribution in [1.82, 2.24) is 5.32 Å². The highest BCUT2D eigenvalue weighted by atomic mass is 35.5. The molecule has 5 nitrogen and oxygen atoms in total. The Labute approximate surface area is 175 Å². The molecule has 150 valence electrons. The third kappa shape index (κ3) is 4.85. The van der Waals surface area contributed by atoms with Crippen molar-refractivity contribution < 1.29 is 14.3 Å². The van der Waals surface area contributed by atoms with E-state index in [4.69, 9.17) is 16.3 Å². The van der Waals surface area contributed by atoms with E-state index in [1.165, 1.54) is 12.8 Å². The summed E-state index contributed by atoms with van der Waals surface area (Å²) in [6.45, 7) is 0. The summed E-state index contributed by atoms with van der Waals surface area (Å²) in [6, 6.07) is 7.37. The first kappa shape index (κ1) is 19.6. The number of halogens is 1. The molecule has 1 aliphatic heterocycles. The zero-order valence-electron chi connectivity index (χ0n) is 16.1. The summed E-state index contributed by atoms with van der Waals surface area (Å²) in [4.78, 5) is 29.2. The summed E-state index contributed by atoms with van der Waals surface area (Å²) >= 11 is 5.99. The summed E-state index contributed by atoms with van der Waals surface area (Å²) in [5.41, 5.74) is 1.72. The number of aliphatic imine (C=N–C) groups is 1. The van der Waals surface area contributed by atoms with Gasteiger partial charge in [-0.15, -0.1) is 0 Å². The molecule has 0 radical (unpaired) electrons. The lowest BCUT2D eigenvalue weighted by Gasteiger charge is -2.25. The minimum atomic E-state index is -0.479. The quantitative estimate of drug-likeness (QED) is 0.593. The van der Waals surface area contributed by atoms with Crippen LogP contribution in [0.3, 0.4) is 0 Å². The van der Waals surface area contributed by atoms with Gasteiger partial charge in [0.05, 0.1) is 5.71 Å². The highest BCUT2D eigenvalue weighted by Gasteiger charge is 2.29. The molecule has 1 aromatic rings. The number of nitrogens with one attached hydrogen (secondary N) is 1. The molecule has 29 heavy (non-hydrogen) atoms. The van der Waals surface area contributed by atoms with E-state index < -0.39 is 12.0 Å². The minimum absolute atomic E-state index is 0.123. The van der Waals surface area contributed by atoms with E-state index in [1.807, 2.05) is 6.07 Å². The number of fused-ring (bicyclic) bond motifs is 1. The van der Waals surface area contributed by atoms with Crippen molar-refractivity contribution in [3.63, 3.8) is 0 Å². The van der Waals surface area contributed by atoms with Crippen molar-refractivity contribution in [2.24, 2.45) is 4.99 Å². The second-order valence-electron chi connectivity index (χ2n) is 7.56. The molecule has 4 rings (SSSR count). The Morgan fingerprint density at radius 2 is 2.00 bits per heavy atom. The average molecular weight is 411 g/mol. The molecule has 2 aliphatic carbocycles. The first-order valence-corrected chi connectivity index (χ1v) is 10.4. The Morgan fingerprint density at radius 3 is 2.76 bits per heavy atom. The standard InChI is InChI=1S/C23H23ClN2O3/c24-17-7-5-6-15(12-17)13-21-23(28)26-19-14-16(10-11-20(19)29-21)22(27)25-18-8-3-1-2-4-9-18/h5-7,10-14,18,20H,1-4,8-9H2,(H,25,27)/b21-13+. The van der Waals surface area contributed by atoms with Gasteiger partial charge in [0.1, 0.15) is 0 Å². The van der Waals surface area contributed by atoms with Gasteiger partial charge < -0.3 is 10.1 Å². The van der Waals surface area contributed by atoms with Crippen LogP contribution in [0.5, 0.6) is 0 Å². The maximum absolute atomic E-state index is 12.6. The monoisotopic (exact) mass is 410 g/mol. The zero-order chi connectivity index (χ0) is 20.2. The first-order chi connectivity index (χ1) is 14.1. The molecule has 1 fully saturated rings. The summed E-state index contributed by atoms with van der Waals surface area (Å²) in [5.74, 6) is -0.432. The van der Waals surface area contributed by atoms with Crippen LogP contribution >= 0.6 is 11.6 Å². The van der Waals surface area contributed by atoms with Crippen LogP contribution in [0.1, 0.15) is 44.1 Å². The molecule has 3 aliphatic rings. The van der Waals surface area contributed by atoms with Gasteiger partial charge in [-0.25, -0.2) is 4.99 Å². The van der Waals surface area contributed by atoms with E-state index in [2.05, 4.69) is 10.3 Å². The Balaban J connectivity index is 1.48. The predicted molar refractivity (Wildman–Crippen MR) is 114 cm³/mol. The van der Waals surface area contributed by atoms with Gasteiger partial charge in [-0.05, 0) is 54.8 Å². The van der Waals surface area contributed by atoms with E-state index in [-0.39, 0.29) is 17.7 Å². The third-order valence-electron chi connectivity index (χ3n) is 5.34. The number of benzene rings is 1. The Kier molecular flexibility index (Phi) is 5.95. The van der Waals surface area contributed by atoms with E-state index in [9.17, 15) is 9.59 Å². The average Bonchev–Trinajstić information content (AvgIpc) is 2.97. The normalized spacial score (nSPS) is 23.6. The lowest BCUT2D eigenvalue weighted by molar-refractivity contribution is -0.119. The fourth-order valence-corrected chi connectivity index (χ4v) is 4.01. The molecule has 0 bridgehead atoms. The second kappa shape index (κ2) is 8.78. The first-order valence-electron chi connectivity index (χ1n) is 10.1. The molecule has 1 unspecified atom stereocenters. The van der Waals surface area contributed by atoms with Gasteiger partial charge in [0.25, 0.3) is 5.91 Å². The van der Waals surface area contributed by atoms with Gasteiger partial charge in [0, 0.05) is 16.6 Å². The summed E-state index contributed by atoms with van der Waals surface area (Å²) < 4.78 is 5.82. The van der Waals surface area contributed by atoms with Crippen LogP contribution < -0.4 is 5.32 Å². The van der Waals surface area contributed by atoms with Gasteiger partial charge in [0.15, 0.2) is 11.9 Å². The molecule has 2 amide bonds. The van der Waals surface area contributed by atoms with Gasteiger partial charge >= 0.3 is 5.91 Å². The molecule has 0 aromatic heterocycles. The van der Waals surface area contributed by atoms with E-state index in [1.54, 1.807) is 42.5 Å².